The highest BCUT2D eigenvalue weighted by Crippen LogP contribution is 2.25. The summed E-state index contributed by atoms with van der Waals surface area (Å²) in [7, 11) is 0. The molecule has 8 heteroatoms. The Labute approximate surface area is 151 Å². The first-order valence-corrected chi connectivity index (χ1v) is 8.92. The third-order valence-corrected chi connectivity index (χ3v) is 5.08. The second-order valence-corrected chi connectivity index (χ2v) is 6.80. The molecule has 0 aliphatic heterocycles. The normalized spacial score (nSPS) is 11.3. The predicted octanol–water partition coefficient (Wildman–Crippen LogP) is 3.13. The van der Waals surface area contributed by atoms with E-state index in [4.69, 9.17) is 9.15 Å². The zero-order valence-electron chi connectivity index (χ0n) is 14.2. The van der Waals surface area contributed by atoms with Gasteiger partial charge >= 0.3 is 5.97 Å². The zero-order chi connectivity index (χ0) is 18.3. The summed E-state index contributed by atoms with van der Waals surface area (Å²) in [5, 5.41) is 5.88. The first kappa shape index (κ1) is 16.5. The SMILES string of the molecule is CCc1nn2c(=O)cc(COC(=O)c3oc4ccccc4c3C)nc2s1. The van der Waals surface area contributed by atoms with Crippen LogP contribution in [0, 0.1) is 6.92 Å². The fraction of sp³-hybridized carbons (Fsp3) is 0.222. The van der Waals surface area contributed by atoms with E-state index in [2.05, 4.69) is 10.1 Å². The summed E-state index contributed by atoms with van der Waals surface area (Å²) < 4.78 is 12.2. The molecule has 4 rings (SSSR count). The first-order valence-electron chi connectivity index (χ1n) is 8.10. The van der Waals surface area contributed by atoms with Crippen LogP contribution in [0.3, 0.4) is 0 Å². The molecule has 7 nitrogen and oxygen atoms in total. The van der Waals surface area contributed by atoms with Crippen LogP contribution in [0.1, 0.15) is 33.7 Å². The smallest absolute Gasteiger partial charge is 0.374 e. The highest BCUT2D eigenvalue weighted by molar-refractivity contribution is 7.16. The second kappa shape index (κ2) is 6.38. The van der Waals surface area contributed by atoms with E-state index in [0.29, 0.717) is 16.2 Å². The monoisotopic (exact) mass is 369 g/mol. The van der Waals surface area contributed by atoms with Crippen LogP contribution in [0.25, 0.3) is 15.9 Å². The van der Waals surface area contributed by atoms with Crippen LogP contribution in [0.15, 0.2) is 39.5 Å². The number of para-hydroxylation sites is 1. The van der Waals surface area contributed by atoms with Crippen LogP contribution in [0.5, 0.6) is 0 Å². The van der Waals surface area contributed by atoms with E-state index < -0.39 is 5.97 Å². The van der Waals surface area contributed by atoms with Gasteiger partial charge in [-0.1, -0.05) is 36.5 Å². The Balaban J connectivity index is 1.58. The molecule has 4 aromatic rings. The molecule has 0 saturated carbocycles. The summed E-state index contributed by atoms with van der Waals surface area (Å²) >= 11 is 1.34. The molecule has 0 spiro atoms. The molecule has 0 unspecified atom stereocenters. The summed E-state index contributed by atoms with van der Waals surface area (Å²) in [5.74, 6) is -0.422. The maximum absolute atomic E-state index is 12.4. The first-order chi connectivity index (χ1) is 12.6. The number of benzene rings is 1. The van der Waals surface area contributed by atoms with Gasteiger partial charge < -0.3 is 9.15 Å². The molecular formula is C18H15N3O4S. The molecule has 1 aromatic carbocycles. The van der Waals surface area contributed by atoms with Gasteiger partial charge in [-0.05, 0) is 19.4 Å². The minimum absolute atomic E-state index is 0.111. The van der Waals surface area contributed by atoms with Gasteiger partial charge in [-0.2, -0.15) is 9.61 Å². The topological polar surface area (TPSA) is 86.7 Å². The van der Waals surface area contributed by atoms with Gasteiger partial charge in [0.1, 0.15) is 17.2 Å². The molecule has 0 radical (unpaired) electrons. The van der Waals surface area contributed by atoms with Crippen molar-refractivity contribution in [3.05, 3.63) is 62.7 Å². The number of fused-ring (bicyclic) bond motifs is 2. The van der Waals surface area contributed by atoms with Crippen molar-refractivity contribution in [2.24, 2.45) is 0 Å². The maximum atomic E-state index is 12.4. The second-order valence-electron chi connectivity index (χ2n) is 5.76. The third kappa shape index (κ3) is 2.78. The van der Waals surface area contributed by atoms with E-state index >= 15 is 0 Å². The minimum atomic E-state index is -0.584. The van der Waals surface area contributed by atoms with Crippen LogP contribution in [0.2, 0.25) is 0 Å². The van der Waals surface area contributed by atoms with Crippen molar-refractivity contribution in [1.29, 1.82) is 0 Å². The van der Waals surface area contributed by atoms with E-state index in [9.17, 15) is 9.59 Å². The lowest BCUT2D eigenvalue weighted by molar-refractivity contribution is 0.0432. The number of hydrogen-bond donors (Lipinski definition) is 0. The molecule has 26 heavy (non-hydrogen) atoms. The standard InChI is InChI=1S/C18H15N3O4S/c1-3-14-20-21-15(22)8-11(19-18(21)26-14)9-24-17(23)16-10(2)12-6-4-5-7-13(12)25-16/h4-8H,3,9H2,1-2H3. The van der Waals surface area contributed by atoms with Crippen molar-refractivity contribution in [2.45, 2.75) is 26.9 Å². The molecule has 0 atom stereocenters. The van der Waals surface area contributed by atoms with Crippen LogP contribution in [-0.2, 0) is 17.8 Å². The summed E-state index contributed by atoms with van der Waals surface area (Å²) in [6.07, 6.45) is 0.725. The average Bonchev–Trinajstić information content (AvgIpc) is 3.21. The lowest BCUT2D eigenvalue weighted by atomic mass is 10.1. The minimum Gasteiger partial charge on any atom is -0.453 e. The van der Waals surface area contributed by atoms with E-state index in [1.54, 1.807) is 6.07 Å². The van der Waals surface area contributed by atoms with E-state index in [1.165, 1.54) is 21.9 Å². The molecule has 3 heterocycles. The van der Waals surface area contributed by atoms with E-state index in [-0.39, 0.29) is 17.9 Å². The number of aromatic nitrogens is 3. The van der Waals surface area contributed by atoms with E-state index in [1.807, 2.05) is 32.0 Å². The summed E-state index contributed by atoms with van der Waals surface area (Å²) in [6.45, 7) is 3.66. The number of esters is 1. The van der Waals surface area contributed by atoms with Crippen LogP contribution < -0.4 is 5.56 Å². The number of nitrogens with zero attached hydrogens (tertiary/aromatic N) is 3. The van der Waals surface area contributed by atoms with Crippen LogP contribution in [-0.4, -0.2) is 20.6 Å². The number of carbonyl (C=O) groups is 1. The van der Waals surface area contributed by atoms with Crippen molar-refractivity contribution in [1.82, 2.24) is 14.6 Å². The Morgan fingerprint density at radius 3 is 2.92 bits per heavy atom. The largest absolute Gasteiger partial charge is 0.453 e. The van der Waals surface area contributed by atoms with Gasteiger partial charge in [-0.3, -0.25) is 4.79 Å². The van der Waals surface area contributed by atoms with Crippen molar-refractivity contribution in [3.8, 4) is 0 Å². The highest BCUT2D eigenvalue weighted by atomic mass is 32.1. The van der Waals surface area contributed by atoms with Crippen LogP contribution >= 0.6 is 11.3 Å². The molecule has 3 aromatic heterocycles. The zero-order valence-corrected chi connectivity index (χ0v) is 15.0. The number of rotatable bonds is 4. The summed E-state index contributed by atoms with van der Waals surface area (Å²) in [5.41, 5.74) is 1.44. The molecule has 0 saturated heterocycles. The van der Waals surface area contributed by atoms with Crippen LogP contribution in [0.4, 0.5) is 0 Å². The molecule has 132 valence electrons. The highest BCUT2D eigenvalue weighted by Gasteiger charge is 2.19. The number of furan rings is 1. The Hall–Kier alpha value is -3.00. The molecule has 0 aliphatic carbocycles. The van der Waals surface area contributed by atoms with Gasteiger partial charge in [0, 0.05) is 17.0 Å². The Bertz CT molecular complexity index is 1190. The summed E-state index contributed by atoms with van der Waals surface area (Å²) in [4.78, 5) is 29.3. The fourth-order valence-electron chi connectivity index (χ4n) is 2.69. The quantitative estimate of drug-likeness (QED) is 0.514. The van der Waals surface area contributed by atoms with Crippen molar-refractivity contribution >= 4 is 33.2 Å². The summed E-state index contributed by atoms with van der Waals surface area (Å²) in [6, 6.07) is 8.73. The van der Waals surface area contributed by atoms with Gasteiger partial charge in [-0.25, -0.2) is 9.78 Å². The maximum Gasteiger partial charge on any atom is 0.374 e. The molecular weight excluding hydrogens is 354 g/mol. The number of hydrogen-bond acceptors (Lipinski definition) is 7. The van der Waals surface area contributed by atoms with Crippen molar-refractivity contribution in [2.75, 3.05) is 0 Å². The van der Waals surface area contributed by atoms with Crippen molar-refractivity contribution in [3.63, 3.8) is 0 Å². The molecule has 0 aliphatic rings. The Morgan fingerprint density at radius 2 is 2.15 bits per heavy atom. The van der Waals surface area contributed by atoms with Crippen molar-refractivity contribution < 1.29 is 13.9 Å². The predicted molar refractivity (Wildman–Crippen MR) is 96.6 cm³/mol. The van der Waals surface area contributed by atoms with Gasteiger partial charge in [0.25, 0.3) is 5.56 Å². The molecule has 0 fully saturated rings. The Morgan fingerprint density at radius 1 is 1.35 bits per heavy atom. The molecule has 0 N–H and O–H groups in total. The third-order valence-electron chi connectivity index (χ3n) is 4.02. The van der Waals surface area contributed by atoms with E-state index in [0.717, 1.165) is 22.4 Å². The van der Waals surface area contributed by atoms with Gasteiger partial charge in [0.05, 0.1) is 5.69 Å². The lowest BCUT2D eigenvalue weighted by Crippen LogP contribution is -2.16. The molecule has 0 amide bonds. The number of carbonyl (C=O) groups excluding carboxylic acids is 1. The fourth-order valence-corrected chi connectivity index (χ4v) is 3.54. The van der Waals surface area contributed by atoms with Gasteiger partial charge in [0.15, 0.2) is 0 Å². The Kier molecular flexibility index (Phi) is 4.04. The average molecular weight is 369 g/mol. The number of aryl methyl sites for hydroxylation is 2. The van der Waals surface area contributed by atoms with Gasteiger partial charge in [-0.15, -0.1) is 0 Å². The van der Waals surface area contributed by atoms with Gasteiger partial charge in [0.2, 0.25) is 10.7 Å². The lowest BCUT2D eigenvalue weighted by Gasteiger charge is -2.03. The molecule has 0 bridgehead atoms. The number of ether oxygens (including phenoxy) is 1.